The second-order valence-electron chi connectivity index (χ2n) is 4.26. The van der Waals surface area contributed by atoms with Crippen LogP contribution in [0.1, 0.15) is 12.8 Å². The quantitative estimate of drug-likeness (QED) is 0.300. The first-order chi connectivity index (χ1) is 7.78. The fourth-order valence-corrected chi connectivity index (χ4v) is 4.95. The highest BCUT2D eigenvalue weighted by Gasteiger charge is 2.01. The molecular formula is C14H26Si2. The van der Waals surface area contributed by atoms with Crippen LogP contribution in [0.5, 0.6) is 0 Å². The van der Waals surface area contributed by atoms with Crippen molar-refractivity contribution in [2.45, 2.75) is 36.0 Å². The van der Waals surface area contributed by atoms with E-state index in [0.29, 0.717) is 11.1 Å². The first kappa shape index (κ1) is 15.4. The molecule has 0 unspecified atom stereocenters. The molecule has 0 radical (unpaired) electrons. The van der Waals surface area contributed by atoms with Gasteiger partial charge in [-0.2, -0.15) is 0 Å². The second-order valence-corrected chi connectivity index (χ2v) is 8.72. The molecular weight excluding hydrogens is 224 g/mol. The van der Waals surface area contributed by atoms with Gasteiger partial charge >= 0.3 is 0 Å². The van der Waals surface area contributed by atoms with Crippen LogP contribution in [0.25, 0.3) is 0 Å². The van der Waals surface area contributed by atoms with Gasteiger partial charge in [0.2, 0.25) is 0 Å². The van der Waals surface area contributed by atoms with Gasteiger partial charge in [-0.05, 0) is 11.1 Å². The van der Waals surface area contributed by atoms with Crippen LogP contribution >= 0.6 is 0 Å². The van der Waals surface area contributed by atoms with E-state index in [9.17, 15) is 0 Å². The molecule has 0 N–H and O–H groups in total. The van der Waals surface area contributed by atoms with E-state index in [1.54, 1.807) is 0 Å². The minimum atomic E-state index is 0.00647. The molecule has 0 heterocycles. The first-order valence-electron chi connectivity index (χ1n) is 6.28. The summed E-state index contributed by atoms with van der Waals surface area (Å²) in [6, 6.07) is 2.87. The standard InChI is InChI=1S/C14H26Si2/c1-5-13(6-2)15-11-9-10-12-16-14(7-3)8-4/h5-8,13-14H,1-4,9-12,15-16H2. The number of hydrogen-bond donors (Lipinski definition) is 0. The highest BCUT2D eigenvalue weighted by atomic mass is 28.2. The summed E-state index contributed by atoms with van der Waals surface area (Å²) in [6.45, 7) is 15.4. The van der Waals surface area contributed by atoms with Crippen molar-refractivity contribution < 1.29 is 0 Å². The van der Waals surface area contributed by atoms with Gasteiger partial charge < -0.3 is 0 Å². The Balaban J connectivity index is 3.39. The van der Waals surface area contributed by atoms with Crippen molar-refractivity contribution in [2.75, 3.05) is 0 Å². The normalized spacial score (nSPS) is 11.9. The number of hydrogen-bond acceptors (Lipinski definition) is 0. The van der Waals surface area contributed by atoms with Crippen LogP contribution in [0.2, 0.25) is 23.2 Å². The van der Waals surface area contributed by atoms with Crippen molar-refractivity contribution in [2.24, 2.45) is 0 Å². The Morgan fingerprint density at radius 2 is 1.00 bits per heavy atom. The maximum atomic E-state index is 3.84. The third kappa shape index (κ3) is 7.66. The molecule has 0 nitrogen and oxygen atoms in total. The molecule has 0 aromatic rings. The van der Waals surface area contributed by atoms with Crippen molar-refractivity contribution in [3.05, 3.63) is 50.6 Å². The SMILES string of the molecule is C=CC(C=C)[SiH2]CCCC[SiH2]C(C=C)C=C. The van der Waals surface area contributed by atoms with Crippen LogP contribution in [0.4, 0.5) is 0 Å². The molecule has 0 bridgehead atoms. The summed E-state index contributed by atoms with van der Waals surface area (Å²) in [6.07, 6.45) is 11.0. The summed E-state index contributed by atoms with van der Waals surface area (Å²) in [5.41, 5.74) is 1.29. The Morgan fingerprint density at radius 1 is 0.688 bits per heavy atom. The fraction of sp³-hybridized carbons (Fsp3) is 0.429. The molecule has 0 aromatic carbocycles. The Bertz CT molecular complexity index is 181. The average Bonchev–Trinajstić information content (AvgIpc) is 2.33. The lowest BCUT2D eigenvalue weighted by molar-refractivity contribution is 0.867. The van der Waals surface area contributed by atoms with Crippen molar-refractivity contribution in [1.29, 1.82) is 0 Å². The maximum absolute atomic E-state index is 3.84. The van der Waals surface area contributed by atoms with Gasteiger partial charge in [-0.15, -0.1) is 26.3 Å². The zero-order valence-electron chi connectivity index (χ0n) is 10.5. The van der Waals surface area contributed by atoms with E-state index in [2.05, 4.69) is 50.6 Å². The molecule has 16 heavy (non-hydrogen) atoms. The maximum Gasteiger partial charge on any atom is 0.0326 e. The molecule has 0 amide bonds. The lowest BCUT2D eigenvalue weighted by atomic mass is 10.4. The van der Waals surface area contributed by atoms with Gasteiger partial charge in [0, 0.05) is 19.0 Å². The fourth-order valence-electron chi connectivity index (χ4n) is 1.78. The second kappa shape index (κ2) is 10.9. The van der Waals surface area contributed by atoms with Crippen LogP contribution in [0, 0.1) is 0 Å². The van der Waals surface area contributed by atoms with E-state index < -0.39 is 0 Å². The molecule has 2 heteroatoms. The van der Waals surface area contributed by atoms with Gasteiger partial charge in [-0.3, -0.25) is 0 Å². The summed E-state index contributed by atoms with van der Waals surface area (Å²) in [5, 5.41) is 0. The highest BCUT2D eigenvalue weighted by Crippen LogP contribution is 2.13. The van der Waals surface area contributed by atoms with Crippen molar-refractivity contribution in [3.8, 4) is 0 Å². The molecule has 0 spiro atoms. The van der Waals surface area contributed by atoms with Gasteiger partial charge in [0.15, 0.2) is 0 Å². The van der Waals surface area contributed by atoms with E-state index in [4.69, 9.17) is 0 Å². The van der Waals surface area contributed by atoms with Gasteiger partial charge in [0.1, 0.15) is 0 Å². The van der Waals surface area contributed by atoms with Gasteiger partial charge in [-0.1, -0.05) is 49.2 Å². The van der Waals surface area contributed by atoms with E-state index >= 15 is 0 Å². The average molecular weight is 251 g/mol. The third-order valence-electron chi connectivity index (χ3n) is 3.04. The lowest BCUT2D eigenvalue weighted by Crippen LogP contribution is -1.99. The minimum Gasteiger partial charge on any atom is -0.103 e. The smallest absolute Gasteiger partial charge is 0.0326 e. The number of unbranched alkanes of at least 4 members (excludes halogenated alkanes) is 1. The molecule has 0 aliphatic rings. The van der Waals surface area contributed by atoms with Crippen molar-refractivity contribution >= 4 is 19.0 Å². The Labute approximate surface area is 106 Å². The predicted molar refractivity (Wildman–Crippen MR) is 84.2 cm³/mol. The largest absolute Gasteiger partial charge is 0.103 e. The van der Waals surface area contributed by atoms with Crippen LogP contribution in [-0.2, 0) is 0 Å². The number of allylic oxidation sites excluding steroid dienone is 4. The molecule has 0 aliphatic heterocycles. The molecule has 0 aliphatic carbocycles. The topological polar surface area (TPSA) is 0 Å². The lowest BCUT2D eigenvalue weighted by Gasteiger charge is -2.07. The zero-order valence-corrected chi connectivity index (χ0v) is 13.4. The molecule has 90 valence electrons. The molecule has 0 fully saturated rings. The van der Waals surface area contributed by atoms with Gasteiger partial charge in [0.05, 0.1) is 0 Å². The Kier molecular flexibility index (Phi) is 10.5. The first-order valence-corrected chi connectivity index (χ1v) is 9.92. The van der Waals surface area contributed by atoms with Crippen LogP contribution in [-0.4, -0.2) is 19.0 Å². The zero-order chi connectivity index (χ0) is 12.2. The molecule has 0 rings (SSSR count). The predicted octanol–water partition coefficient (Wildman–Crippen LogP) is 3.26. The van der Waals surface area contributed by atoms with Crippen LogP contribution in [0.3, 0.4) is 0 Å². The summed E-state index contributed by atoms with van der Waals surface area (Å²) in [4.78, 5) is 0. The van der Waals surface area contributed by atoms with E-state index in [1.807, 2.05) is 0 Å². The van der Waals surface area contributed by atoms with E-state index in [-0.39, 0.29) is 19.0 Å². The van der Waals surface area contributed by atoms with Crippen LogP contribution < -0.4 is 0 Å². The van der Waals surface area contributed by atoms with Crippen molar-refractivity contribution in [1.82, 2.24) is 0 Å². The van der Waals surface area contributed by atoms with E-state index in [1.165, 1.54) is 24.9 Å². The Morgan fingerprint density at radius 3 is 1.25 bits per heavy atom. The molecule has 0 saturated carbocycles. The Hall–Kier alpha value is -0.606. The van der Waals surface area contributed by atoms with Gasteiger partial charge in [-0.25, -0.2) is 0 Å². The summed E-state index contributed by atoms with van der Waals surface area (Å²) >= 11 is 0. The van der Waals surface area contributed by atoms with Gasteiger partial charge in [0.25, 0.3) is 0 Å². The molecule has 0 saturated heterocycles. The third-order valence-corrected chi connectivity index (χ3v) is 7.52. The van der Waals surface area contributed by atoms with E-state index in [0.717, 1.165) is 0 Å². The minimum absolute atomic E-state index is 0.00647. The highest BCUT2D eigenvalue weighted by molar-refractivity contribution is 6.40. The summed E-state index contributed by atoms with van der Waals surface area (Å²) < 4.78 is 0. The summed E-state index contributed by atoms with van der Waals surface area (Å²) in [5.74, 6) is 0. The van der Waals surface area contributed by atoms with Crippen molar-refractivity contribution in [3.63, 3.8) is 0 Å². The monoisotopic (exact) mass is 250 g/mol. The summed E-state index contributed by atoms with van der Waals surface area (Å²) in [7, 11) is 0.0129. The van der Waals surface area contributed by atoms with Crippen LogP contribution in [0.15, 0.2) is 50.6 Å². The number of rotatable bonds is 11. The molecule has 0 atom stereocenters. The molecule has 0 aromatic heterocycles.